The molecule has 5 heteroatoms. The van der Waals surface area contributed by atoms with Gasteiger partial charge in [-0.2, -0.15) is 0 Å². The number of hydrogen-bond acceptors (Lipinski definition) is 5. The highest BCUT2D eigenvalue weighted by Gasteiger charge is 2.34. The number of hydrogen-bond donors (Lipinski definition) is 1. The van der Waals surface area contributed by atoms with Crippen molar-refractivity contribution in [3.63, 3.8) is 0 Å². The first-order valence-electron chi connectivity index (χ1n) is 12.3. The molecule has 2 aliphatic rings. The van der Waals surface area contributed by atoms with Crippen LogP contribution in [0.3, 0.4) is 0 Å². The molecular formula is C30H32N2O3. The molecule has 0 radical (unpaired) electrons. The Morgan fingerprint density at radius 3 is 2.34 bits per heavy atom. The van der Waals surface area contributed by atoms with Crippen molar-refractivity contribution in [2.45, 2.75) is 33.2 Å². The molecule has 35 heavy (non-hydrogen) atoms. The van der Waals surface area contributed by atoms with Gasteiger partial charge in [-0.3, -0.25) is 9.69 Å². The normalized spacial score (nSPS) is 17.2. The van der Waals surface area contributed by atoms with Crippen molar-refractivity contribution in [3.8, 4) is 11.5 Å². The average molecular weight is 469 g/mol. The number of ketones is 1. The number of benzene rings is 3. The lowest BCUT2D eigenvalue weighted by Crippen LogP contribution is -2.46. The SMILES string of the molecule is Cc1cc(O)c(CN2CCN(c3ccccc3)CC2)c2c1C(=O)/C(=C\c1ccc(C(C)C)cc1)O2. The summed E-state index contributed by atoms with van der Waals surface area (Å²) >= 11 is 0. The third kappa shape index (κ3) is 4.69. The molecule has 5 nitrogen and oxygen atoms in total. The smallest absolute Gasteiger partial charge is 0.232 e. The average Bonchev–Trinajstić information content (AvgIpc) is 3.19. The van der Waals surface area contributed by atoms with Crippen molar-refractivity contribution in [2.75, 3.05) is 31.1 Å². The third-order valence-corrected chi connectivity index (χ3v) is 7.00. The van der Waals surface area contributed by atoms with E-state index >= 15 is 0 Å². The van der Waals surface area contributed by atoms with E-state index in [4.69, 9.17) is 4.74 Å². The molecule has 0 amide bonds. The van der Waals surface area contributed by atoms with Crippen LogP contribution in [0.25, 0.3) is 6.08 Å². The van der Waals surface area contributed by atoms with Crippen molar-refractivity contribution < 1.29 is 14.6 Å². The highest BCUT2D eigenvalue weighted by atomic mass is 16.5. The van der Waals surface area contributed by atoms with Gasteiger partial charge in [-0.05, 0) is 53.8 Å². The number of para-hydroxylation sites is 1. The maximum absolute atomic E-state index is 13.3. The van der Waals surface area contributed by atoms with E-state index in [-0.39, 0.29) is 11.5 Å². The van der Waals surface area contributed by atoms with Crippen LogP contribution in [-0.4, -0.2) is 42.0 Å². The van der Waals surface area contributed by atoms with Crippen molar-refractivity contribution in [2.24, 2.45) is 0 Å². The minimum atomic E-state index is -0.124. The first-order chi connectivity index (χ1) is 16.9. The number of ether oxygens (including phenoxy) is 1. The minimum Gasteiger partial charge on any atom is -0.507 e. The second-order valence-corrected chi connectivity index (χ2v) is 9.76. The van der Waals surface area contributed by atoms with Crippen molar-refractivity contribution in [3.05, 3.63) is 94.2 Å². The van der Waals surface area contributed by atoms with Gasteiger partial charge in [0.05, 0.1) is 11.1 Å². The fourth-order valence-electron chi connectivity index (χ4n) is 4.89. The van der Waals surface area contributed by atoms with Crippen LogP contribution in [-0.2, 0) is 6.54 Å². The molecule has 0 atom stereocenters. The first kappa shape index (κ1) is 23.2. The number of piperazine rings is 1. The maximum atomic E-state index is 13.3. The number of aryl methyl sites for hydroxylation is 1. The Labute approximate surface area is 207 Å². The van der Waals surface area contributed by atoms with E-state index in [2.05, 4.69) is 60.0 Å². The molecule has 1 fully saturated rings. The third-order valence-electron chi connectivity index (χ3n) is 7.00. The molecule has 2 heterocycles. The van der Waals surface area contributed by atoms with Crippen LogP contribution in [0.2, 0.25) is 0 Å². The van der Waals surface area contributed by atoms with Gasteiger partial charge in [0, 0.05) is 38.4 Å². The van der Waals surface area contributed by atoms with Crippen LogP contribution < -0.4 is 9.64 Å². The number of allylic oxidation sites excluding steroid dienone is 1. The van der Waals surface area contributed by atoms with E-state index in [1.54, 1.807) is 12.1 Å². The number of phenols is 1. The molecule has 180 valence electrons. The van der Waals surface area contributed by atoms with Gasteiger partial charge in [-0.15, -0.1) is 0 Å². The summed E-state index contributed by atoms with van der Waals surface area (Å²) in [5, 5.41) is 10.8. The van der Waals surface area contributed by atoms with E-state index in [0.717, 1.165) is 37.3 Å². The van der Waals surface area contributed by atoms with Gasteiger partial charge in [0.2, 0.25) is 5.78 Å². The number of rotatable bonds is 5. The molecule has 0 bridgehead atoms. The van der Waals surface area contributed by atoms with E-state index in [0.29, 0.717) is 35.1 Å². The fraction of sp³-hybridized carbons (Fsp3) is 0.300. The second-order valence-electron chi connectivity index (χ2n) is 9.76. The number of anilines is 1. The molecule has 0 spiro atoms. The van der Waals surface area contributed by atoms with Crippen LogP contribution >= 0.6 is 0 Å². The van der Waals surface area contributed by atoms with Gasteiger partial charge >= 0.3 is 0 Å². The van der Waals surface area contributed by atoms with Gasteiger partial charge in [-0.25, -0.2) is 0 Å². The lowest BCUT2D eigenvalue weighted by Gasteiger charge is -2.36. The van der Waals surface area contributed by atoms with Crippen molar-refractivity contribution in [1.29, 1.82) is 0 Å². The number of nitrogens with zero attached hydrogens (tertiary/aromatic N) is 2. The summed E-state index contributed by atoms with van der Waals surface area (Å²) in [6.07, 6.45) is 1.80. The van der Waals surface area contributed by atoms with Gasteiger partial charge < -0.3 is 14.7 Å². The molecule has 0 aliphatic carbocycles. The van der Waals surface area contributed by atoms with Gasteiger partial charge in [0.25, 0.3) is 0 Å². The Morgan fingerprint density at radius 2 is 1.69 bits per heavy atom. The van der Waals surface area contributed by atoms with E-state index in [9.17, 15) is 9.90 Å². The Bertz CT molecular complexity index is 1260. The molecule has 3 aromatic carbocycles. The van der Waals surface area contributed by atoms with Crippen LogP contribution in [0.1, 0.15) is 52.4 Å². The lowest BCUT2D eigenvalue weighted by atomic mass is 9.98. The molecule has 0 aromatic heterocycles. The highest BCUT2D eigenvalue weighted by Crippen LogP contribution is 2.42. The number of fused-ring (bicyclic) bond motifs is 1. The van der Waals surface area contributed by atoms with Gasteiger partial charge in [0.15, 0.2) is 5.76 Å². The summed E-state index contributed by atoms with van der Waals surface area (Å²) in [5.74, 6) is 1.32. The molecule has 5 rings (SSSR count). The number of carbonyl (C=O) groups is 1. The summed E-state index contributed by atoms with van der Waals surface area (Å²) in [7, 11) is 0. The zero-order valence-electron chi connectivity index (χ0n) is 20.6. The summed E-state index contributed by atoms with van der Waals surface area (Å²) in [6.45, 7) is 10.3. The highest BCUT2D eigenvalue weighted by molar-refractivity contribution is 6.15. The fourth-order valence-corrected chi connectivity index (χ4v) is 4.89. The zero-order valence-corrected chi connectivity index (χ0v) is 20.6. The number of phenolic OH excluding ortho intramolecular Hbond substituents is 1. The molecule has 1 saturated heterocycles. The molecule has 0 unspecified atom stereocenters. The van der Waals surface area contributed by atoms with Crippen LogP contribution in [0, 0.1) is 6.92 Å². The summed E-state index contributed by atoms with van der Waals surface area (Å²) in [6, 6.07) is 20.3. The van der Waals surface area contributed by atoms with Crippen LogP contribution in [0.5, 0.6) is 11.5 Å². The van der Waals surface area contributed by atoms with Crippen LogP contribution in [0.15, 0.2) is 66.4 Å². The Kier molecular flexibility index (Phi) is 6.35. The zero-order chi connectivity index (χ0) is 24.5. The molecule has 3 aromatic rings. The van der Waals surface area contributed by atoms with E-state index in [1.165, 1.54) is 11.3 Å². The largest absolute Gasteiger partial charge is 0.507 e. The number of Topliss-reactive ketones (excluding diaryl/α,β-unsaturated/α-hetero) is 1. The summed E-state index contributed by atoms with van der Waals surface area (Å²) < 4.78 is 6.14. The summed E-state index contributed by atoms with van der Waals surface area (Å²) in [4.78, 5) is 17.9. The van der Waals surface area contributed by atoms with Gasteiger partial charge in [0.1, 0.15) is 11.5 Å². The first-order valence-corrected chi connectivity index (χ1v) is 12.3. The molecular weight excluding hydrogens is 436 g/mol. The predicted molar refractivity (Wildman–Crippen MR) is 140 cm³/mol. The lowest BCUT2D eigenvalue weighted by molar-refractivity contribution is 0.101. The number of carbonyl (C=O) groups excluding carboxylic acids is 1. The summed E-state index contributed by atoms with van der Waals surface area (Å²) in [5.41, 5.74) is 5.39. The van der Waals surface area contributed by atoms with Crippen molar-refractivity contribution in [1.82, 2.24) is 4.90 Å². The van der Waals surface area contributed by atoms with E-state index < -0.39 is 0 Å². The second kappa shape index (κ2) is 9.59. The number of aromatic hydroxyl groups is 1. The van der Waals surface area contributed by atoms with Crippen LogP contribution in [0.4, 0.5) is 5.69 Å². The molecule has 0 saturated carbocycles. The van der Waals surface area contributed by atoms with Gasteiger partial charge in [-0.1, -0.05) is 56.3 Å². The Balaban J connectivity index is 1.35. The standard InChI is InChI=1S/C30H32N2O3/c1-20(2)23-11-9-22(10-12-23)18-27-29(34)28-21(3)17-26(33)25(30(28)35-27)19-31-13-15-32(16-14-31)24-7-5-4-6-8-24/h4-12,17-18,20,33H,13-16,19H2,1-3H3/b27-18+. The quantitative estimate of drug-likeness (QED) is 0.483. The Hall–Kier alpha value is -3.57. The minimum absolute atomic E-state index is 0.124. The predicted octanol–water partition coefficient (Wildman–Crippen LogP) is 5.76. The van der Waals surface area contributed by atoms with Crippen molar-refractivity contribution >= 4 is 17.5 Å². The monoisotopic (exact) mass is 468 g/mol. The maximum Gasteiger partial charge on any atom is 0.232 e. The molecule has 2 aliphatic heterocycles. The van der Waals surface area contributed by atoms with E-state index in [1.807, 2.05) is 25.1 Å². The molecule has 1 N–H and O–H groups in total. The Morgan fingerprint density at radius 1 is 1.00 bits per heavy atom. The topological polar surface area (TPSA) is 53.0 Å².